The van der Waals surface area contributed by atoms with E-state index >= 15 is 0 Å². The summed E-state index contributed by atoms with van der Waals surface area (Å²) in [7, 11) is 0. The number of rotatable bonds is 5. The molecule has 0 radical (unpaired) electrons. The zero-order chi connectivity index (χ0) is 11.4. The summed E-state index contributed by atoms with van der Waals surface area (Å²) in [5, 5.41) is 14.5. The summed E-state index contributed by atoms with van der Waals surface area (Å²) in [5.41, 5.74) is 7.57. The van der Waals surface area contributed by atoms with Crippen LogP contribution < -0.4 is 5.73 Å². The molecular formula is C10H19N3OS. The van der Waals surface area contributed by atoms with E-state index in [2.05, 4.69) is 12.0 Å². The van der Waals surface area contributed by atoms with Crippen molar-refractivity contribution < 1.29 is 5.11 Å². The second-order valence-corrected chi connectivity index (χ2v) is 5.07. The Kier molecular flexibility index (Phi) is 4.47. The van der Waals surface area contributed by atoms with Crippen LogP contribution in [0.15, 0.2) is 5.03 Å². The van der Waals surface area contributed by atoms with E-state index in [1.54, 1.807) is 11.8 Å². The lowest BCUT2D eigenvalue weighted by molar-refractivity contribution is 0.300. The Bertz CT molecular complexity index is 325. The molecule has 15 heavy (non-hydrogen) atoms. The van der Waals surface area contributed by atoms with Gasteiger partial charge in [0.2, 0.25) is 0 Å². The van der Waals surface area contributed by atoms with E-state index in [-0.39, 0.29) is 11.9 Å². The molecule has 1 rings (SSSR count). The molecule has 1 aromatic rings. The quantitative estimate of drug-likeness (QED) is 0.754. The third-order valence-corrected chi connectivity index (χ3v) is 3.34. The zero-order valence-corrected chi connectivity index (χ0v) is 10.3. The van der Waals surface area contributed by atoms with Crippen molar-refractivity contribution in [2.45, 2.75) is 44.0 Å². The number of hydrogen-bond donors (Lipinski definition) is 2. The summed E-state index contributed by atoms with van der Waals surface area (Å²) < 4.78 is 1.93. The number of aliphatic hydroxyl groups is 1. The Balaban J connectivity index is 2.91. The van der Waals surface area contributed by atoms with Gasteiger partial charge in [0, 0.05) is 11.8 Å². The van der Waals surface area contributed by atoms with Crippen LogP contribution in [-0.2, 0) is 6.54 Å². The van der Waals surface area contributed by atoms with Gasteiger partial charge >= 0.3 is 0 Å². The topological polar surface area (TPSA) is 64.1 Å². The van der Waals surface area contributed by atoms with Gasteiger partial charge in [0.15, 0.2) is 0 Å². The number of nitrogen functional groups attached to an aromatic ring is 1. The SMILES string of the molecule is CCCn1nc(C)c(N)c1SC(C)CO. The van der Waals surface area contributed by atoms with E-state index in [1.807, 2.05) is 18.5 Å². The fourth-order valence-electron chi connectivity index (χ4n) is 1.29. The zero-order valence-electron chi connectivity index (χ0n) is 9.53. The lowest BCUT2D eigenvalue weighted by atomic mass is 10.4. The molecule has 0 aromatic carbocycles. The van der Waals surface area contributed by atoms with Crippen molar-refractivity contribution in [3.8, 4) is 0 Å². The van der Waals surface area contributed by atoms with E-state index in [0.29, 0.717) is 0 Å². The first-order chi connectivity index (χ1) is 7.10. The molecule has 5 heteroatoms. The van der Waals surface area contributed by atoms with Gasteiger partial charge in [0.1, 0.15) is 5.03 Å². The molecule has 0 aliphatic rings. The van der Waals surface area contributed by atoms with Crippen LogP contribution in [0.1, 0.15) is 26.0 Å². The Morgan fingerprint density at radius 2 is 2.27 bits per heavy atom. The van der Waals surface area contributed by atoms with Gasteiger partial charge in [-0.25, -0.2) is 0 Å². The standard InChI is InChI=1S/C10H19N3OS/c1-4-5-13-10(15-7(2)6-14)9(11)8(3)12-13/h7,14H,4-6,11H2,1-3H3. The molecule has 4 nitrogen and oxygen atoms in total. The molecule has 0 fully saturated rings. The Morgan fingerprint density at radius 1 is 1.60 bits per heavy atom. The first-order valence-electron chi connectivity index (χ1n) is 5.20. The van der Waals surface area contributed by atoms with Gasteiger partial charge in [0.05, 0.1) is 18.0 Å². The van der Waals surface area contributed by atoms with Crippen molar-refractivity contribution in [3.63, 3.8) is 0 Å². The monoisotopic (exact) mass is 229 g/mol. The number of aryl methyl sites for hydroxylation is 2. The van der Waals surface area contributed by atoms with Crippen LogP contribution in [0.3, 0.4) is 0 Å². The van der Waals surface area contributed by atoms with Crippen LogP contribution in [0.5, 0.6) is 0 Å². The van der Waals surface area contributed by atoms with E-state index in [9.17, 15) is 0 Å². The molecule has 1 aromatic heterocycles. The third-order valence-electron chi connectivity index (χ3n) is 2.13. The van der Waals surface area contributed by atoms with Gasteiger partial charge in [-0.2, -0.15) is 5.10 Å². The highest BCUT2D eigenvalue weighted by Gasteiger charge is 2.15. The first-order valence-corrected chi connectivity index (χ1v) is 6.08. The van der Waals surface area contributed by atoms with Crippen LogP contribution in [-0.4, -0.2) is 26.7 Å². The van der Waals surface area contributed by atoms with Crippen molar-refractivity contribution in [1.82, 2.24) is 9.78 Å². The number of nitrogens with two attached hydrogens (primary N) is 1. The van der Waals surface area contributed by atoms with Gasteiger partial charge in [0.25, 0.3) is 0 Å². The number of hydrogen-bond acceptors (Lipinski definition) is 4. The number of nitrogens with zero attached hydrogens (tertiary/aromatic N) is 2. The smallest absolute Gasteiger partial charge is 0.118 e. The molecule has 1 atom stereocenters. The molecule has 86 valence electrons. The molecule has 0 bridgehead atoms. The van der Waals surface area contributed by atoms with Crippen LogP contribution in [0, 0.1) is 6.92 Å². The van der Waals surface area contributed by atoms with Crippen molar-refractivity contribution in [2.24, 2.45) is 0 Å². The molecular weight excluding hydrogens is 210 g/mol. The highest BCUT2D eigenvalue weighted by Crippen LogP contribution is 2.30. The summed E-state index contributed by atoms with van der Waals surface area (Å²) in [4.78, 5) is 0. The predicted molar refractivity (Wildman–Crippen MR) is 64.1 cm³/mol. The second-order valence-electron chi connectivity index (χ2n) is 3.64. The molecule has 3 N–H and O–H groups in total. The molecule has 0 amide bonds. The Hall–Kier alpha value is -0.680. The minimum absolute atomic E-state index is 0.152. The van der Waals surface area contributed by atoms with Gasteiger partial charge < -0.3 is 10.8 Å². The fraction of sp³-hybridized carbons (Fsp3) is 0.700. The van der Waals surface area contributed by atoms with E-state index in [0.717, 1.165) is 29.4 Å². The van der Waals surface area contributed by atoms with Gasteiger partial charge in [-0.05, 0) is 13.3 Å². The second kappa shape index (κ2) is 5.42. The highest BCUT2D eigenvalue weighted by atomic mass is 32.2. The molecule has 0 spiro atoms. The average molecular weight is 229 g/mol. The maximum absolute atomic E-state index is 9.02. The number of thioether (sulfide) groups is 1. The van der Waals surface area contributed by atoms with Crippen molar-refractivity contribution in [1.29, 1.82) is 0 Å². The van der Waals surface area contributed by atoms with E-state index in [4.69, 9.17) is 10.8 Å². The molecule has 0 saturated heterocycles. The van der Waals surface area contributed by atoms with Gasteiger partial charge in [-0.1, -0.05) is 25.6 Å². The summed E-state index contributed by atoms with van der Waals surface area (Å²) in [6.07, 6.45) is 1.03. The van der Waals surface area contributed by atoms with Crippen molar-refractivity contribution in [2.75, 3.05) is 12.3 Å². The minimum atomic E-state index is 0.152. The van der Waals surface area contributed by atoms with Gasteiger partial charge in [-0.15, -0.1) is 0 Å². The average Bonchev–Trinajstić information content (AvgIpc) is 2.46. The molecule has 0 aliphatic heterocycles. The largest absolute Gasteiger partial charge is 0.395 e. The summed E-state index contributed by atoms with van der Waals surface area (Å²) >= 11 is 1.58. The first kappa shape index (κ1) is 12.4. The lowest BCUT2D eigenvalue weighted by Gasteiger charge is -2.10. The number of aromatic nitrogens is 2. The molecule has 0 saturated carbocycles. The van der Waals surface area contributed by atoms with Crippen LogP contribution in [0.25, 0.3) is 0 Å². The molecule has 1 heterocycles. The highest BCUT2D eigenvalue weighted by molar-refractivity contribution is 8.00. The van der Waals surface area contributed by atoms with Crippen molar-refractivity contribution in [3.05, 3.63) is 5.69 Å². The van der Waals surface area contributed by atoms with Crippen LogP contribution >= 0.6 is 11.8 Å². The Labute approximate surface area is 94.9 Å². The van der Waals surface area contributed by atoms with Crippen LogP contribution in [0.2, 0.25) is 0 Å². The maximum Gasteiger partial charge on any atom is 0.118 e. The number of aliphatic hydroxyl groups excluding tert-OH is 1. The lowest BCUT2D eigenvalue weighted by Crippen LogP contribution is -2.07. The minimum Gasteiger partial charge on any atom is -0.395 e. The molecule has 0 aliphatic carbocycles. The summed E-state index contributed by atoms with van der Waals surface area (Å²) in [6.45, 7) is 7.02. The van der Waals surface area contributed by atoms with Gasteiger partial charge in [-0.3, -0.25) is 4.68 Å². The normalized spacial score (nSPS) is 13.1. The predicted octanol–water partition coefficient (Wildman–Crippen LogP) is 1.66. The maximum atomic E-state index is 9.02. The van der Waals surface area contributed by atoms with Crippen LogP contribution in [0.4, 0.5) is 5.69 Å². The molecule has 1 unspecified atom stereocenters. The Morgan fingerprint density at radius 3 is 2.80 bits per heavy atom. The number of anilines is 1. The fourth-order valence-corrected chi connectivity index (χ4v) is 2.27. The van der Waals surface area contributed by atoms with E-state index in [1.165, 1.54) is 0 Å². The summed E-state index contributed by atoms with van der Waals surface area (Å²) in [5.74, 6) is 0. The third kappa shape index (κ3) is 2.89. The van der Waals surface area contributed by atoms with Crippen molar-refractivity contribution >= 4 is 17.4 Å². The van der Waals surface area contributed by atoms with E-state index < -0.39 is 0 Å². The summed E-state index contributed by atoms with van der Waals surface area (Å²) in [6, 6.07) is 0.